The Morgan fingerprint density at radius 2 is 2.15 bits per heavy atom. The van der Waals surface area contributed by atoms with Gasteiger partial charge in [-0.2, -0.15) is 0 Å². The molecule has 0 unspecified atom stereocenters. The van der Waals surface area contributed by atoms with Crippen LogP contribution < -0.4 is 4.74 Å². The van der Waals surface area contributed by atoms with Gasteiger partial charge in [0.15, 0.2) is 3.92 Å². The molecule has 2 heterocycles. The van der Waals surface area contributed by atoms with Crippen molar-refractivity contribution >= 4 is 27.3 Å². The molecular formula is C7H9BrN2O2S. The zero-order valence-corrected chi connectivity index (χ0v) is 9.31. The van der Waals surface area contributed by atoms with Gasteiger partial charge in [-0.1, -0.05) is 5.10 Å². The molecule has 0 atom stereocenters. The number of rotatable bonds is 2. The normalized spacial score (nSPS) is 18.8. The minimum Gasteiger partial charge on any atom is -0.465 e. The summed E-state index contributed by atoms with van der Waals surface area (Å²) in [6.45, 7) is 1.56. The van der Waals surface area contributed by atoms with Crippen molar-refractivity contribution in [3.05, 3.63) is 3.92 Å². The minimum atomic E-state index is 0.244. The van der Waals surface area contributed by atoms with E-state index in [2.05, 4.69) is 26.1 Å². The predicted octanol–water partition coefficient (Wildman–Crippen LogP) is 1.86. The summed E-state index contributed by atoms with van der Waals surface area (Å²) in [6, 6.07) is 0. The lowest BCUT2D eigenvalue weighted by Gasteiger charge is -2.21. The smallest absolute Gasteiger partial charge is 0.295 e. The highest BCUT2D eigenvalue weighted by Crippen LogP contribution is 2.25. The zero-order valence-electron chi connectivity index (χ0n) is 6.90. The molecule has 0 bridgehead atoms. The standard InChI is InChI=1S/C7H9BrN2O2S/c8-6-9-10-7(13-6)12-5-1-3-11-4-2-5/h5H,1-4H2. The second-order valence-corrected chi connectivity index (χ2v) is 4.97. The van der Waals surface area contributed by atoms with E-state index in [1.807, 2.05) is 0 Å². The molecule has 6 heteroatoms. The first-order valence-corrected chi connectivity index (χ1v) is 5.69. The van der Waals surface area contributed by atoms with Crippen LogP contribution in [0.3, 0.4) is 0 Å². The molecule has 0 amide bonds. The summed E-state index contributed by atoms with van der Waals surface area (Å²) in [6.07, 6.45) is 2.13. The molecule has 0 N–H and O–H groups in total. The largest absolute Gasteiger partial charge is 0.465 e. The van der Waals surface area contributed by atoms with E-state index >= 15 is 0 Å². The predicted molar refractivity (Wildman–Crippen MR) is 52.1 cm³/mol. The van der Waals surface area contributed by atoms with E-state index < -0.39 is 0 Å². The highest BCUT2D eigenvalue weighted by Gasteiger charge is 2.16. The Bertz CT molecular complexity index is 275. The molecule has 2 rings (SSSR count). The van der Waals surface area contributed by atoms with Crippen LogP contribution in [0.4, 0.5) is 0 Å². The fourth-order valence-electron chi connectivity index (χ4n) is 1.18. The molecule has 0 saturated carbocycles. The van der Waals surface area contributed by atoms with E-state index in [4.69, 9.17) is 9.47 Å². The Labute approximate surface area is 88.4 Å². The number of ether oxygens (including phenoxy) is 2. The molecule has 1 aliphatic heterocycles. The molecule has 1 saturated heterocycles. The Kier molecular flexibility index (Phi) is 3.13. The molecule has 1 aliphatic rings. The van der Waals surface area contributed by atoms with Gasteiger partial charge >= 0.3 is 0 Å². The number of hydrogen-bond acceptors (Lipinski definition) is 5. The fourth-order valence-corrected chi connectivity index (χ4v) is 2.16. The highest BCUT2D eigenvalue weighted by molar-refractivity contribution is 9.11. The van der Waals surface area contributed by atoms with Gasteiger partial charge in [-0.15, -0.1) is 5.10 Å². The summed E-state index contributed by atoms with van der Waals surface area (Å²) in [5, 5.41) is 8.32. The van der Waals surface area contributed by atoms with Crippen LogP contribution in [0.2, 0.25) is 0 Å². The Hall–Kier alpha value is -0.200. The first-order chi connectivity index (χ1) is 6.34. The number of hydrogen-bond donors (Lipinski definition) is 0. The van der Waals surface area contributed by atoms with Crippen LogP contribution in [0.25, 0.3) is 0 Å². The molecule has 0 spiro atoms. The molecule has 0 radical (unpaired) electrons. The summed E-state index contributed by atoms with van der Waals surface area (Å²) >= 11 is 4.65. The number of halogens is 1. The highest BCUT2D eigenvalue weighted by atomic mass is 79.9. The molecule has 72 valence electrons. The second kappa shape index (κ2) is 4.34. The molecule has 1 fully saturated rings. The van der Waals surface area contributed by atoms with Gasteiger partial charge in [0, 0.05) is 12.8 Å². The summed E-state index contributed by atoms with van der Waals surface area (Å²) in [7, 11) is 0. The maximum atomic E-state index is 5.61. The first kappa shape index (κ1) is 9.36. The Morgan fingerprint density at radius 3 is 2.77 bits per heavy atom. The molecule has 0 aromatic carbocycles. The van der Waals surface area contributed by atoms with Crippen molar-refractivity contribution in [3.63, 3.8) is 0 Å². The van der Waals surface area contributed by atoms with Gasteiger partial charge in [0.25, 0.3) is 5.19 Å². The second-order valence-electron chi connectivity index (χ2n) is 2.75. The third-order valence-corrected chi connectivity index (χ3v) is 3.06. The van der Waals surface area contributed by atoms with Crippen LogP contribution in [-0.4, -0.2) is 29.5 Å². The van der Waals surface area contributed by atoms with Crippen LogP contribution in [-0.2, 0) is 4.74 Å². The van der Waals surface area contributed by atoms with Crippen LogP contribution in [0.15, 0.2) is 3.92 Å². The third-order valence-electron chi connectivity index (χ3n) is 1.82. The maximum absolute atomic E-state index is 5.61. The minimum absolute atomic E-state index is 0.244. The van der Waals surface area contributed by atoms with E-state index in [1.165, 1.54) is 11.3 Å². The van der Waals surface area contributed by atoms with E-state index in [0.717, 1.165) is 30.0 Å². The van der Waals surface area contributed by atoms with Crippen molar-refractivity contribution in [2.24, 2.45) is 0 Å². The summed E-state index contributed by atoms with van der Waals surface area (Å²) in [5.41, 5.74) is 0. The van der Waals surface area contributed by atoms with Crippen LogP contribution in [0, 0.1) is 0 Å². The van der Waals surface area contributed by atoms with Crippen molar-refractivity contribution in [1.29, 1.82) is 0 Å². The molecule has 1 aromatic heterocycles. The fraction of sp³-hybridized carbons (Fsp3) is 0.714. The number of aromatic nitrogens is 2. The molecule has 1 aromatic rings. The molecular weight excluding hydrogens is 256 g/mol. The van der Waals surface area contributed by atoms with Gasteiger partial charge in [-0.05, 0) is 27.3 Å². The average Bonchev–Trinajstić information content (AvgIpc) is 2.53. The third kappa shape index (κ3) is 2.62. The Morgan fingerprint density at radius 1 is 1.38 bits per heavy atom. The van der Waals surface area contributed by atoms with Crippen molar-refractivity contribution in [3.8, 4) is 5.19 Å². The van der Waals surface area contributed by atoms with E-state index in [0.29, 0.717) is 5.19 Å². The SMILES string of the molecule is Brc1nnc(OC2CCOCC2)s1. The maximum Gasteiger partial charge on any atom is 0.295 e. The topological polar surface area (TPSA) is 44.2 Å². The van der Waals surface area contributed by atoms with E-state index in [1.54, 1.807) is 0 Å². The number of nitrogens with zero attached hydrogens (tertiary/aromatic N) is 2. The lowest BCUT2D eigenvalue weighted by Crippen LogP contribution is -2.25. The summed E-state index contributed by atoms with van der Waals surface area (Å²) < 4.78 is 11.6. The average molecular weight is 265 g/mol. The van der Waals surface area contributed by atoms with Crippen molar-refractivity contribution in [1.82, 2.24) is 10.2 Å². The first-order valence-electron chi connectivity index (χ1n) is 4.08. The van der Waals surface area contributed by atoms with Gasteiger partial charge < -0.3 is 9.47 Å². The van der Waals surface area contributed by atoms with Crippen LogP contribution >= 0.6 is 27.3 Å². The molecule has 13 heavy (non-hydrogen) atoms. The lowest BCUT2D eigenvalue weighted by molar-refractivity contribution is 0.0252. The van der Waals surface area contributed by atoms with Crippen LogP contribution in [0.5, 0.6) is 5.19 Å². The van der Waals surface area contributed by atoms with Gasteiger partial charge in [-0.3, -0.25) is 0 Å². The van der Waals surface area contributed by atoms with E-state index in [-0.39, 0.29) is 6.10 Å². The monoisotopic (exact) mass is 264 g/mol. The van der Waals surface area contributed by atoms with Gasteiger partial charge in [0.2, 0.25) is 0 Å². The van der Waals surface area contributed by atoms with Crippen LogP contribution in [0.1, 0.15) is 12.8 Å². The quantitative estimate of drug-likeness (QED) is 0.818. The lowest BCUT2D eigenvalue weighted by atomic mass is 10.2. The summed E-state index contributed by atoms with van der Waals surface area (Å²) in [4.78, 5) is 0. The van der Waals surface area contributed by atoms with E-state index in [9.17, 15) is 0 Å². The van der Waals surface area contributed by atoms with Crippen molar-refractivity contribution in [2.45, 2.75) is 18.9 Å². The van der Waals surface area contributed by atoms with Crippen molar-refractivity contribution < 1.29 is 9.47 Å². The summed E-state index contributed by atoms with van der Waals surface area (Å²) in [5.74, 6) is 0. The van der Waals surface area contributed by atoms with Gasteiger partial charge in [0.1, 0.15) is 6.10 Å². The molecule has 4 nitrogen and oxygen atoms in total. The van der Waals surface area contributed by atoms with Crippen molar-refractivity contribution in [2.75, 3.05) is 13.2 Å². The van der Waals surface area contributed by atoms with Gasteiger partial charge in [-0.25, -0.2) is 0 Å². The van der Waals surface area contributed by atoms with Gasteiger partial charge in [0.05, 0.1) is 13.2 Å². The zero-order chi connectivity index (χ0) is 9.10. The molecule has 0 aliphatic carbocycles. The Balaban J connectivity index is 1.89.